The van der Waals surface area contributed by atoms with Crippen LogP contribution in [0.5, 0.6) is 0 Å². The van der Waals surface area contributed by atoms with Crippen molar-refractivity contribution in [1.82, 2.24) is 0 Å². The molecular formula is C21H40O4. The molecule has 1 heterocycles. The normalized spacial score (nSPS) is 44.3. The van der Waals surface area contributed by atoms with Gasteiger partial charge >= 0.3 is 0 Å². The number of rotatable bonds is 5. The number of hydrogen-bond acceptors (Lipinski definition) is 4. The second-order valence-corrected chi connectivity index (χ2v) is 10.2. The molecule has 0 aromatic carbocycles. The minimum atomic E-state index is -0.970. The summed E-state index contributed by atoms with van der Waals surface area (Å²) in [5, 5.41) is 32.8. The Kier molecular flexibility index (Phi) is 5.73. The van der Waals surface area contributed by atoms with Crippen LogP contribution in [0.2, 0.25) is 0 Å². The predicted octanol–water partition coefficient (Wildman–Crippen LogP) is 3.66. The van der Waals surface area contributed by atoms with Gasteiger partial charge in [0, 0.05) is 6.42 Å². The lowest BCUT2D eigenvalue weighted by atomic mass is 9.65. The number of aliphatic hydroxyl groups excluding tert-OH is 1. The van der Waals surface area contributed by atoms with Crippen LogP contribution >= 0.6 is 0 Å². The molecule has 6 atom stereocenters. The fraction of sp³-hybridized carbons (Fsp3) is 1.00. The van der Waals surface area contributed by atoms with Gasteiger partial charge in [-0.15, -0.1) is 0 Å². The van der Waals surface area contributed by atoms with Gasteiger partial charge in [-0.05, 0) is 77.6 Å². The van der Waals surface area contributed by atoms with Gasteiger partial charge in [-0.1, -0.05) is 20.8 Å². The Morgan fingerprint density at radius 3 is 2.24 bits per heavy atom. The van der Waals surface area contributed by atoms with Crippen LogP contribution in [0.15, 0.2) is 0 Å². The second-order valence-electron chi connectivity index (χ2n) is 10.2. The molecule has 0 aromatic rings. The SMILES string of the molecule is CC(C)[C@H]1CC[C@H](C)[C@@](O)(C[C@H](O)[C@]2(C)CC[C@](C)(C(C)(C)O)O2)C1. The van der Waals surface area contributed by atoms with Crippen molar-refractivity contribution in [2.75, 3.05) is 0 Å². The summed E-state index contributed by atoms with van der Waals surface area (Å²) in [6, 6.07) is 0. The second kappa shape index (κ2) is 6.78. The number of aliphatic hydroxyl groups is 3. The van der Waals surface area contributed by atoms with Crippen molar-refractivity contribution in [3.8, 4) is 0 Å². The van der Waals surface area contributed by atoms with E-state index in [9.17, 15) is 15.3 Å². The van der Waals surface area contributed by atoms with E-state index >= 15 is 0 Å². The van der Waals surface area contributed by atoms with E-state index in [0.717, 1.165) is 19.3 Å². The van der Waals surface area contributed by atoms with Crippen molar-refractivity contribution >= 4 is 0 Å². The van der Waals surface area contributed by atoms with Crippen LogP contribution < -0.4 is 0 Å². The van der Waals surface area contributed by atoms with Gasteiger partial charge in [0.1, 0.15) is 0 Å². The molecule has 0 radical (unpaired) electrons. The summed E-state index contributed by atoms with van der Waals surface area (Å²) in [6.45, 7) is 13.9. The van der Waals surface area contributed by atoms with Gasteiger partial charge in [0.15, 0.2) is 0 Å². The van der Waals surface area contributed by atoms with Crippen molar-refractivity contribution in [3.63, 3.8) is 0 Å². The predicted molar refractivity (Wildman–Crippen MR) is 100 cm³/mol. The highest BCUT2D eigenvalue weighted by atomic mass is 16.6. The molecule has 4 heteroatoms. The summed E-state index contributed by atoms with van der Waals surface area (Å²) in [5.74, 6) is 1.24. The van der Waals surface area contributed by atoms with E-state index in [1.807, 2.05) is 13.8 Å². The lowest BCUT2D eigenvalue weighted by Gasteiger charge is -2.47. The van der Waals surface area contributed by atoms with E-state index in [1.54, 1.807) is 13.8 Å². The molecule has 2 rings (SSSR count). The zero-order valence-corrected chi connectivity index (χ0v) is 17.3. The molecular weight excluding hydrogens is 316 g/mol. The smallest absolute Gasteiger partial charge is 0.0944 e. The van der Waals surface area contributed by atoms with Gasteiger partial charge in [0.2, 0.25) is 0 Å². The Hall–Kier alpha value is -0.160. The Labute approximate surface area is 154 Å². The third-order valence-electron chi connectivity index (χ3n) is 7.55. The standard InChI is InChI=1S/C21H40O4/c1-14(2)16-9-8-15(3)21(24,12-16)13-17(22)19(6)10-11-20(7,25-19)18(4,5)23/h14-17,22-24H,8-13H2,1-7H3/t15-,16-,17-,19-,20+,21-/m0/s1. The molecule has 0 unspecified atom stereocenters. The molecule has 0 spiro atoms. The highest BCUT2D eigenvalue weighted by molar-refractivity contribution is 5.05. The summed E-state index contributed by atoms with van der Waals surface area (Å²) in [7, 11) is 0. The molecule has 0 amide bonds. The summed E-state index contributed by atoms with van der Waals surface area (Å²) < 4.78 is 6.25. The van der Waals surface area contributed by atoms with Gasteiger partial charge < -0.3 is 20.1 Å². The summed E-state index contributed by atoms with van der Waals surface area (Å²) in [4.78, 5) is 0. The van der Waals surface area contributed by atoms with E-state index < -0.39 is 28.5 Å². The molecule has 1 aliphatic heterocycles. The maximum absolute atomic E-state index is 11.3. The zero-order chi connectivity index (χ0) is 19.3. The minimum absolute atomic E-state index is 0.183. The number of ether oxygens (including phenoxy) is 1. The molecule has 1 saturated heterocycles. The maximum atomic E-state index is 11.3. The van der Waals surface area contributed by atoms with Crippen molar-refractivity contribution in [2.24, 2.45) is 17.8 Å². The van der Waals surface area contributed by atoms with Crippen molar-refractivity contribution in [1.29, 1.82) is 0 Å². The molecule has 1 aliphatic carbocycles. The van der Waals surface area contributed by atoms with E-state index in [4.69, 9.17) is 4.74 Å². The third kappa shape index (κ3) is 4.07. The molecule has 2 fully saturated rings. The first-order chi connectivity index (χ1) is 11.2. The first-order valence-electron chi connectivity index (χ1n) is 10.1. The van der Waals surface area contributed by atoms with Crippen LogP contribution in [0, 0.1) is 17.8 Å². The molecule has 0 bridgehead atoms. The Morgan fingerprint density at radius 2 is 1.76 bits per heavy atom. The van der Waals surface area contributed by atoms with Crippen molar-refractivity contribution < 1.29 is 20.1 Å². The minimum Gasteiger partial charge on any atom is -0.390 e. The Bertz CT molecular complexity index is 471. The summed E-state index contributed by atoms with van der Waals surface area (Å²) >= 11 is 0. The summed E-state index contributed by atoms with van der Waals surface area (Å²) in [6.07, 6.45) is 3.90. The first-order valence-corrected chi connectivity index (χ1v) is 10.1. The van der Waals surface area contributed by atoms with E-state index in [2.05, 4.69) is 20.8 Å². The molecule has 2 aliphatic rings. The molecule has 0 aromatic heterocycles. The topological polar surface area (TPSA) is 69.9 Å². The van der Waals surface area contributed by atoms with Gasteiger partial charge in [-0.3, -0.25) is 0 Å². The van der Waals surface area contributed by atoms with Crippen LogP contribution in [-0.4, -0.2) is 43.8 Å². The number of hydrogen-bond donors (Lipinski definition) is 3. The van der Waals surface area contributed by atoms with Crippen LogP contribution in [0.25, 0.3) is 0 Å². The van der Waals surface area contributed by atoms with Crippen LogP contribution in [0.4, 0.5) is 0 Å². The molecule has 1 saturated carbocycles. The van der Waals surface area contributed by atoms with Crippen LogP contribution in [-0.2, 0) is 4.74 Å². The maximum Gasteiger partial charge on any atom is 0.0944 e. The third-order valence-corrected chi connectivity index (χ3v) is 7.55. The average Bonchev–Trinajstić information content (AvgIpc) is 2.80. The Balaban J connectivity index is 2.11. The molecule has 3 N–H and O–H groups in total. The van der Waals surface area contributed by atoms with Gasteiger partial charge in [0.25, 0.3) is 0 Å². The average molecular weight is 357 g/mol. The van der Waals surface area contributed by atoms with Crippen LogP contribution in [0.1, 0.15) is 87.0 Å². The quantitative estimate of drug-likeness (QED) is 0.703. The molecule has 148 valence electrons. The largest absolute Gasteiger partial charge is 0.390 e. The van der Waals surface area contributed by atoms with E-state index in [1.165, 1.54) is 0 Å². The Morgan fingerprint density at radius 1 is 1.16 bits per heavy atom. The first kappa shape index (κ1) is 21.1. The van der Waals surface area contributed by atoms with Gasteiger partial charge in [-0.2, -0.15) is 0 Å². The van der Waals surface area contributed by atoms with Crippen molar-refractivity contribution in [3.05, 3.63) is 0 Å². The van der Waals surface area contributed by atoms with Crippen LogP contribution in [0.3, 0.4) is 0 Å². The summed E-state index contributed by atoms with van der Waals surface area (Å²) in [5.41, 5.74) is -3.21. The van der Waals surface area contributed by atoms with Gasteiger partial charge in [0.05, 0.1) is 28.5 Å². The zero-order valence-electron chi connectivity index (χ0n) is 17.3. The fourth-order valence-corrected chi connectivity index (χ4v) is 4.66. The van der Waals surface area contributed by atoms with E-state index in [0.29, 0.717) is 31.1 Å². The van der Waals surface area contributed by atoms with Gasteiger partial charge in [-0.25, -0.2) is 0 Å². The molecule has 25 heavy (non-hydrogen) atoms. The molecule has 4 nitrogen and oxygen atoms in total. The lowest BCUT2D eigenvalue weighted by molar-refractivity contribution is -0.213. The highest BCUT2D eigenvalue weighted by Crippen LogP contribution is 2.49. The lowest BCUT2D eigenvalue weighted by Crippen LogP contribution is -2.54. The fourth-order valence-electron chi connectivity index (χ4n) is 4.66. The van der Waals surface area contributed by atoms with E-state index in [-0.39, 0.29) is 5.92 Å². The van der Waals surface area contributed by atoms with Crippen molar-refractivity contribution in [2.45, 2.75) is 115 Å². The monoisotopic (exact) mass is 356 g/mol. The highest BCUT2D eigenvalue weighted by Gasteiger charge is 2.55.